The van der Waals surface area contributed by atoms with Gasteiger partial charge in [-0.15, -0.1) is 6.58 Å². The van der Waals surface area contributed by atoms with E-state index in [2.05, 4.69) is 53.7 Å². The second-order valence-corrected chi connectivity index (χ2v) is 5.69. The first-order valence-electron chi connectivity index (χ1n) is 5.97. The number of alkyl halides is 1. The average molecular weight is 279 g/mol. The maximum absolute atomic E-state index is 3.94. The van der Waals surface area contributed by atoms with Crippen LogP contribution in [0.5, 0.6) is 0 Å². The zero-order valence-corrected chi connectivity index (χ0v) is 11.5. The van der Waals surface area contributed by atoms with Crippen molar-refractivity contribution in [3.8, 4) is 0 Å². The van der Waals surface area contributed by atoms with Crippen LogP contribution in [0.25, 0.3) is 0 Å². The molecule has 0 amide bonds. The second-order valence-electron chi connectivity index (χ2n) is 5.13. The van der Waals surface area contributed by atoms with E-state index in [-0.39, 0.29) is 5.41 Å². The molecular weight excluding hydrogens is 260 g/mol. The summed E-state index contributed by atoms with van der Waals surface area (Å²) in [6, 6.07) is 7.00. The molecule has 1 aromatic rings. The molecule has 1 heteroatoms. The molecule has 0 spiro atoms. The highest BCUT2D eigenvalue weighted by Gasteiger charge is 2.20. The quantitative estimate of drug-likeness (QED) is 0.569. The van der Waals surface area contributed by atoms with Crippen molar-refractivity contribution in [3.05, 3.63) is 47.5 Å². The Morgan fingerprint density at radius 2 is 2.12 bits per heavy atom. The predicted octanol–water partition coefficient (Wildman–Crippen LogP) is 4.31. The van der Waals surface area contributed by atoms with E-state index in [1.54, 1.807) is 11.1 Å². The van der Waals surface area contributed by atoms with Gasteiger partial charge in [0.05, 0.1) is 0 Å². The Labute approximate surface area is 107 Å². The van der Waals surface area contributed by atoms with Gasteiger partial charge in [0.1, 0.15) is 0 Å². The first-order chi connectivity index (χ1) is 7.67. The lowest BCUT2D eigenvalue weighted by atomic mass is 9.85. The molecule has 0 saturated carbocycles. The van der Waals surface area contributed by atoms with Gasteiger partial charge >= 0.3 is 0 Å². The fourth-order valence-electron chi connectivity index (χ4n) is 2.38. The van der Waals surface area contributed by atoms with E-state index < -0.39 is 0 Å². The van der Waals surface area contributed by atoms with Crippen LogP contribution >= 0.6 is 15.9 Å². The fraction of sp³-hybridized carbons (Fsp3) is 0.467. The molecule has 16 heavy (non-hydrogen) atoms. The number of halogens is 1. The van der Waals surface area contributed by atoms with Gasteiger partial charge in [-0.2, -0.15) is 0 Å². The van der Waals surface area contributed by atoms with Crippen molar-refractivity contribution in [2.75, 3.05) is 5.33 Å². The van der Waals surface area contributed by atoms with Crippen molar-refractivity contribution in [1.82, 2.24) is 0 Å². The zero-order chi connectivity index (χ0) is 11.6. The van der Waals surface area contributed by atoms with E-state index >= 15 is 0 Å². The van der Waals surface area contributed by atoms with E-state index in [0.29, 0.717) is 0 Å². The lowest BCUT2D eigenvalue weighted by Gasteiger charge is -2.23. The SMILES string of the molecule is C=CC(C)(CBr)Cc1ccc2c(c1)CCC2. The summed E-state index contributed by atoms with van der Waals surface area (Å²) >= 11 is 3.58. The van der Waals surface area contributed by atoms with Crippen LogP contribution in [0.1, 0.15) is 30.0 Å². The number of benzene rings is 1. The third kappa shape index (κ3) is 2.40. The number of fused-ring (bicyclic) bond motifs is 1. The summed E-state index contributed by atoms with van der Waals surface area (Å²) in [5.74, 6) is 0. The van der Waals surface area contributed by atoms with Gasteiger partial charge in [0.25, 0.3) is 0 Å². The first-order valence-corrected chi connectivity index (χ1v) is 7.09. The van der Waals surface area contributed by atoms with E-state index in [0.717, 1.165) is 11.8 Å². The van der Waals surface area contributed by atoms with Crippen molar-refractivity contribution in [3.63, 3.8) is 0 Å². The number of hydrogen-bond acceptors (Lipinski definition) is 0. The summed E-state index contributed by atoms with van der Waals surface area (Å²) in [5, 5.41) is 0.973. The van der Waals surface area contributed by atoms with Gasteiger partial charge in [-0.3, -0.25) is 0 Å². The van der Waals surface area contributed by atoms with Crippen molar-refractivity contribution < 1.29 is 0 Å². The van der Waals surface area contributed by atoms with E-state index in [4.69, 9.17) is 0 Å². The normalized spacial score (nSPS) is 17.9. The molecule has 0 N–H and O–H groups in total. The van der Waals surface area contributed by atoms with E-state index in [1.165, 1.54) is 24.8 Å². The molecule has 0 fully saturated rings. The lowest BCUT2D eigenvalue weighted by molar-refractivity contribution is 0.493. The highest BCUT2D eigenvalue weighted by molar-refractivity contribution is 9.09. The molecule has 86 valence electrons. The Kier molecular flexibility index (Phi) is 3.53. The molecule has 1 unspecified atom stereocenters. The number of rotatable bonds is 4. The monoisotopic (exact) mass is 278 g/mol. The Morgan fingerprint density at radius 3 is 2.81 bits per heavy atom. The molecule has 0 aliphatic heterocycles. The van der Waals surface area contributed by atoms with Gasteiger partial charge in [0.2, 0.25) is 0 Å². The Bertz CT molecular complexity index is 394. The standard InChI is InChI=1S/C15H19Br/c1-3-15(2,11-16)10-12-7-8-13-5-4-6-14(13)9-12/h3,7-9H,1,4-6,10-11H2,2H3. The van der Waals surface area contributed by atoms with Crippen LogP contribution in [0, 0.1) is 5.41 Å². The molecule has 1 aliphatic rings. The van der Waals surface area contributed by atoms with Gasteiger partial charge in [0, 0.05) is 5.33 Å². The highest BCUT2D eigenvalue weighted by atomic mass is 79.9. The van der Waals surface area contributed by atoms with E-state index in [1.807, 2.05) is 0 Å². The maximum Gasteiger partial charge on any atom is 0.0123 e. The third-order valence-corrected chi connectivity index (χ3v) is 4.85. The van der Waals surface area contributed by atoms with Crippen LogP contribution in [0.2, 0.25) is 0 Å². The summed E-state index contributed by atoms with van der Waals surface area (Å²) in [6.07, 6.45) is 7.01. The lowest BCUT2D eigenvalue weighted by Crippen LogP contribution is -2.18. The number of allylic oxidation sites excluding steroid dienone is 1. The van der Waals surface area contributed by atoms with Crippen LogP contribution in [0.4, 0.5) is 0 Å². The summed E-state index contributed by atoms with van der Waals surface area (Å²) in [4.78, 5) is 0. The fourth-order valence-corrected chi connectivity index (χ4v) is 2.80. The molecule has 0 aromatic heterocycles. The molecule has 0 saturated heterocycles. The number of hydrogen-bond donors (Lipinski definition) is 0. The molecular formula is C15H19Br. The van der Waals surface area contributed by atoms with Gasteiger partial charge < -0.3 is 0 Å². The van der Waals surface area contributed by atoms with Gasteiger partial charge in [-0.25, -0.2) is 0 Å². The van der Waals surface area contributed by atoms with Crippen LogP contribution in [-0.2, 0) is 19.3 Å². The Hall–Kier alpha value is -0.560. The molecule has 1 atom stereocenters. The average Bonchev–Trinajstić information content (AvgIpc) is 2.76. The van der Waals surface area contributed by atoms with Crippen molar-refractivity contribution in [2.24, 2.45) is 5.41 Å². The molecule has 0 bridgehead atoms. The maximum atomic E-state index is 3.94. The third-order valence-electron chi connectivity index (χ3n) is 3.57. The van der Waals surface area contributed by atoms with Crippen molar-refractivity contribution >= 4 is 15.9 Å². The molecule has 1 aliphatic carbocycles. The minimum atomic E-state index is 0.173. The van der Waals surface area contributed by atoms with Gasteiger partial charge in [-0.1, -0.05) is 47.1 Å². The Morgan fingerprint density at radius 1 is 1.38 bits per heavy atom. The highest BCUT2D eigenvalue weighted by Crippen LogP contribution is 2.29. The summed E-state index contributed by atoms with van der Waals surface area (Å²) in [7, 11) is 0. The zero-order valence-electron chi connectivity index (χ0n) is 9.93. The van der Waals surface area contributed by atoms with Crippen LogP contribution in [0.3, 0.4) is 0 Å². The van der Waals surface area contributed by atoms with Gasteiger partial charge in [0.15, 0.2) is 0 Å². The number of aryl methyl sites for hydroxylation is 2. The van der Waals surface area contributed by atoms with Crippen LogP contribution < -0.4 is 0 Å². The molecule has 1 aromatic carbocycles. The molecule has 0 radical (unpaired) electrons. The van der Waals surface area contributed by atoms with Crippen molar-refractivity contribution in [1.29, 1.82) is 0 Å². The van der Waals surface area contributed by atoms with Crippen LogP contribution in [0.15, 0.2) is 30.9 Å². The summed E-state index contributed by atoms with van der Waals surface area (Å²) in [5.41, 5.74) is 4.75. The first kappa shape index (κ1) is 11.9. The smallest absolute Gasteiger partial charge is 0.0123 e. The minimum Gasteiger partial charge on any atom is -0.102 e. The molecule has 2 rings (SSSR count). The van der Waals surface area contributed by atoms with Crippen molar-refractivity contribution in [2.45, 2.75) is 32.6 Å². The second kappa shape index (κ2) is 4.75. The summed E-state index contributed by atoms with van der Waals surface area (Å²) in [6.45, 7) is 6.19. The molecule has 0 nitrogen and oxygen atoms in total. The Balaban J connectivity index is 2.19. The van der Waals surface area contributed by atoms with E-state index in [9.17, 15) is 0 Å². The minimum absolute atomic E-state index is 0.173. The summed E-state index contributed by atoms with van der Waals surface area (Å²) < 4.78 is 0. The van der Waals surface area contributed by atoms with Gasteiger partial charge in [-0.05, 0) is 47.8 Å². The topological polar surface area (TPSA) is 0 Å². The molecule has 0 heterocycles. The van der Waals surface area contributed by atoms with Crippen LogP contribution in [-0.4, -0.2) is 5.33 Å². The largest absolute Gasteiger partial charge is 0.102 e. The predicted molar refractivity (Wildman–Crippen MR) is 74.3 cm³/mol.